The number of nitrogens with one attached hydrogen (secondary N) is 1. The van der Waals surface area contributed by atoms with Crippen LogP contribution in [-0.4, -0.2) is 17.1 Å². The van der Waals surface area contributed by atoms with E-state index >= 15 is 0 Å². The number of thioether (sulfide) groups is 1. The first-order valence-corrected chi connectivity index (χ1v) is 9.18. The van der Waals surface area contributed by atoms with E-state index in [0.29, 0.717) is 12.1 Å². The molecule has 0 aliphatic heterocycles. The fraction of sp³-hybridized carbons (Fsp3) is 0.176. The molecule has 1 heterocycles. The SMILES string of the molecule is CSCc1cccc(C(=O)NCc2nc3ccccc3s2)c1. The van der Waals surface area contributed by atoms with Crippen LogP contribution < -0.4 is 5.32 Å². The zero-order valence-corrected chi connectivity index (χ0v) is 13.8. The van der Waals surface area contributed by atoms with Gasteiger partial charge >= 0.3 is 0 Å². The lowest BCUT2D eigenvalue weighted by atomic mass is 10.1. The molecule has 0 aliphatic carbocycles. The Morgan fingerprint density at radius 2 is 2.09 bits per heavy atom. The van der Waals surface area contributed by atoms with Crippen molar-refractivity contribution in [3.05, 3.63) is 64.7 Å². The Morgan fingerprint density at radius 1 is 1.23 bits per heavy atom. The highest BCUT2D eigenvalue weighted by atomic mass is 32.2. The molecule has 0 fully saturated rings. The number of aromatic nitrogens is 1. The summed E-state index contributed by atoms with van der Waals surface area (Å²) in [5.41, 5.74) is 2.85. The number of carbonyl (C=O) groups is 1. The van der Waals surface area contributed by atoms with E-state index in [1.165, 1.54) is 5.56 Å². The normalized spacial score (nSPS) is 10.8. The van der Waals surface area contributed by atoms with E-state index in [0.717, 1.165) is 21.0 Å². The second-order valence-electron chi connectivity index (χ2n) is 4.89. The summed E-state index contributed by atoms with van der Waals surface area (Å²) in [5, 5.41) is 3.87. The summed E-state index contributed by atoms with van der Waals surface area (Å²) in [4.78, 5) is 16.8. The van der Waals surface area contributed by atoms with Crippen LogP contribution in [0.25, 0.3) is 10.2 Å². The highest BCUT2D eigenvalue weighted by Gasteiger charge is 2.08. The number of para-hydroxylation sites is 1. The van der Waals surface area contributed by atoms with Crippen LogP contribution in [0.4, 0.5) is 0 Å². The molecule has 0 radical (unpaired) electrons. The maximum absolute atomic E-state index is 12.2. The fourth-order valence-electron chi connectivity index (χ4n) is 2.22. The van der Waals surface area contributed by atoms with Crippen molar-refractivity contribution in [1.29, 1.82) is 0 Å². The molecule has 1 N–H and O–H groups in total. The number of carbonyl (C=O) groups excluding carboxylic acids is 1. The number of thiazole rings is 1. The Bertz CT molecular complexity index is 765. The van der Waals surface area contributed by atoms with Gasteiger partial charge in [0, 0.05) is 11.3 Å². The van der Waals surface area contributed by atoms with Crippen molar-refractivity contribution in [2.45, 2.75) is 12.3 Å². The smallest absolute Gasteiger partial charge is 0.251 e. The number of hydrogen-bond acceptors (Lipinski definition) is 4. The average molecular weight is 328 g/mol. The molecule has 0 unspecified atom stereocenters. The van der Waals surface area contributed by atoms with Gasteiger partial charge in [0.2, 0.25) is 0 Å². The molecule has 5 heteroatoms. The third-order valence-electron chi connectivity index (χ3n) is 3.24. The van der Waals surface area contributed by atoms with Crippen molar-refractivity contribution in [3.8, 4) is 0 Å². The Labute approximate surface area is 137 Å². The Kier molecular flexibility index (Phi) is 4.75. The van der Waals surface area contributed by atoms with Gasteiger partial charge in [-0.3, -0.25) is 4.79 Å². The van der Waals surface area contributed by atoms with Crippen LogP contribution in [0.2, 0.25) is 0 Å². The third-order valence-corrected chi connectivity index (χ3v) is 4.90. The van der Waals surface area contributed by atoms with Gasteiger partial charge in [-0.2, -0.15) is 11.8 Å². The van der Waals surface area contributed by atoms with Crippen molar-refractivity contribution in [3.63, 3.8) is 0 Å². The van der Waals surface area contributed by atoms with Crippen LogP contribution in [-0.2, 0) is 12.3 Å². The number of nitrogens with zero attached hydrogens (tertiary/aromatic N) is 1. The lowest BCUT2D eigenvalue weighted by Crippen LogP contribution is -2.22. The molecule has 3 nitrogen and oxygen atoms in total. The molecule has 1 aromatic heterocycles. The molecule has 0 bridgehead atoms. The highest BCUT2D eigenvalue weighted by Crippen LogP contribution is 2.21. The molecule has 0 saturated heterocycles. The Balaban J connectivity index is 1.67. The van der Waals surface area contributed by atoms with E-state index in [2.05, 4.69) is 16.6 Å². The topological polar surface area (TPSA) is 42.0 Å². The van der Waals surface area contributed by atoms with Gasteiger partial charge in [0.05, 0.1) is 16.8 Å². The van der Waals surface area contributed by atoms with Crippen LogP contribution >= 0.6 is 23.1 Å². The predicted octanol–water partition coefficient (Wildman–Crippen LogP) is 4.09. The number of amides is 1. The van der Waals surface area contributed by atoms with Gasteiger partial charge < -0.3 is 5.32 Å². The summed E-state index contributed by atoms with van der Waals surface area (Å²) >= 11 is 3.36. The summed E-state index contributed by atoms with van der Waals surface area (Å²) in [6, 6.07) is 15.8. The maximum Gasteiger partial charge on any atom is 0.251 e. The molecule has 22 heavy (non-hydrogen) atoms. The van der Waals surface area contributed by atoms with Gasteiger partial charge in [-0.05, 0) is 36.1 Å². The van der Waals surface area contributed by atoms with Crippen LogP contribution in [0.1, 0.15) is 20.9 Å². The molecule has 0 aliphatic rings. The quantitative estimate of drug-likeness (QED) is 0.767. The van der Waals surface area contributed by atoms with E-state index in [4.69, 9.17) is 0 Å². The van der Waals surface area contributed by atoms with Crippen LogP contribution in [0, 0.1) is 0 Å². The highest BCUT2D eigenvalue weighted by molar-refractivity contribution is 7.97. The Morgan fingerprint density at radius 3 is 2.91 bits per heavy atom. The number of rotatable bonds is 5. The standard InChI is InChI=1S/C17H16N2OS2/c1-21-11-12-5-4-6-13(9-12)17(20)18-10-16-19-14-7-2-3-8-15(14)22-16/h2-9H,10-11H2,1H3,(H,18,20). The zero-order chi connectivity index (χ0) is 15.4. The lowest BCUT2D eigenvalue weighted by Gasteiger charge is -2.05. The van der Waals surface area contributed by atoms with Gasteiger partial charge in [-0.15, -0.1) is 11.3 Å². The van der Waals surface area contributed by atoms with Crippen molar-refractivity contribution in [1.82, 2.24) is 10.3 Å². The minimum absolute atomic E-state index is 0.0535. The summed E-state index contributed by atoms with van der Waals surface area (Å²) in [5.74, 6) is 0.862. The first kappa shape index (κ1) is 15.1. The molecule has 0 atom stereocenters. The van der Waals surface area contributed by atoms with Crippen molar-refractivity contribution >= 4 is 39.2 Å². The minimum atomic E-state index is -0.0535. The van der Waals surface area contributed by atoms with Gasteiger partial charge in [0.15, 0.2) is 0 Å². The van der Waals surface area contributed by atoms with E-state index < -0.39 is 0 Å². The molecule has 0 saturated carbocycles. The summed E-state index contributed by atoms with van der Waals surface area (Å²) in [6.07, 6.45) is 2.06. The van der Waals surface area contributed by atoms with E-state index in [-0.39, 0.29) is 5.91 Å². The number of hydrogen-bond donors (Lipinski definition) is 1. The molecule has 112 valence electrons. The second kappa shape index (κ2) is 6.94. The molecule has 2 aromatic carbocycles. The van der Waals surface area contributed by atoms with Gasteiger partial charge in [0.25, 0.3) is 5.91 Å². The monoisotopic (exact) mass is 328 g/mol. The van der Waals surface area contributed by atoms with Gasteiger partial charge in [-0.1, -0.05) is 24.3 Å². The molecule has 0 spiro atoms. The average Bonchev–Trinajstić information content (AvgIpc) is 2.96. The summed E-state index contributed by atoms with van der Waals surface area (Å²) < 4.78 is 1.15. The number of fused-ring (bicyclic) bond motifs is 1. The molecular formula is C17H16N2OS2. The van der Waals surface area contributed by atoms with E-state index in [1.807, 2.05) is 48.5 Å². The van der Waals surface area contributed by atoms with Crippen molar-refractivity contribution in [2.75, 3.05) is 6.26 Å². The van der Waals surface area contributed by atoms with Gasteiger partial charge in [0.1, 0.15) is 5.01 Å². The molecule has 3 rings (SSSR count). The van der Waals surface area contributed by atoms with Gasteiger partial charge in [-0.25, -0.2) is 4.98 Å². The molecule has 1 amide bonds. The maximum atomic E-state index is 12.2. The fourth-order valence-corrected chi connectivity index (χ4v) is 3.64. The second-order valence-corrected chi connectivity index (χ2v) is 6.87. The third kappa shape index (κ3) is 3.48. The minimum Gasteiger partial charge on any atom is -0.346 e. The zero-order valence-electron chi connectivity index (χ0n) is 12.2. The van der Waals surface area contributed by atoms with E-state index in [9.17, 15) is 4.79 Å². The van der Waals surface area contributed by atoms with Crippen LogP contribution in [0.5, 0.6) is 0 Å². The van der Waals surface area contributed by atoms with Crippen LogP contribution in [0.3, 0.4) is 0 Å². The lowest BCUT2D eigenvalue weighted by molar-refractivity contribution is 0.0951. The Hall–Kier alpha value is -1.85. The van der Waals surface area contributed by atoms with Crippen LogP contribution in [0.15, 0.2) is 48.5 Å². The van der Waals surface area contributed by atoms with Crippen molar-refractivity contribution in [2.24, 2.45) is 0 Å². The molecular weight excluding hydrogens is 312 g/mol. The predicted molar refractivity (Wildman–Crippen MR) is 94.5 cm³/mol. The first-order chi connectivity index (χ1) is 10.8. The summed E-state index contributed by atoms with van der Waals surface area (Å²) in [6.45, 7) is 0.463. The number of benzene rings is 2. The summed E-state index contributed by atoms with van der Waals surface area (Å²) in [7, 11) is 0. The van der Waals surface area contributed by atoms with E-state index in [1.54, 1.807) is 23.1 Å². The van der Waals surface area contributed by atoms with Crippen molar-refractivity contribution < 1.29 is 4.79 Å². The molecule has 3 aromatic rings. The first-order valence-electron chi connectivity index (χ1n) is 6.97. The largest absolute Gasteiger partial charge is 0.346 e.